The third kappa shape index (κ3) is 3.47. The molecular formula is C25H17IrN2O2-. The van der Waals surface area contributed by atoms with E-state index in [1.807, 2.05) is 6.07 Å². The zero-order valence-corrected chi connectivity index (χ0v) is 18.3. The van der Waals surface area contributed by atoms with Gasteiger partial charge in [0.25, 0.3) is 0 Å². The van der Waals surface area contributed by atoms with Gasteiger partial charge >= 0.3 is 5.97 Å². The van der Waals surface area contributed by atoms with Gasteiger partial charge in [0, 0.05) is 31.7 Å². The maximum Gasteiger partial charge on any atom is 0.354 e. The van der Waals surface area contributed by atoms with E-state index in [0.29, 0.717) is 0 Å². The summed E-state index contributed by atoms with van der Waals surface area (Å²) >= 11 is 0. The summed E-state index contributed by atoms with van der Waals surface area (Å²) < 4.78 is 0. The molecule has 5 heteroatoms. The Morgan fingerprint density at radius 2 is 1.90 bits per heavy atom. The molecule has 149 valence electrons. The van der Waals surface area contributed by atoms with Crippen LogP contribution in [0.2, 0.25) is 0 Å². The van der Waals surface area contributed by atoms with Crippen LogP contribution in [-0.4, -0.2) is 21.0 Å². The number of carboxylic acid groups (broad SMARTS) is 1. The molecule has 2 aliphatic rings. The average molecular weight is 570 g/mol. The van der Waals surface area contributed by atoms with Crippen LogP contribution < -0.4 is 0 Å². The van der Waals surface area contributed by atoms with Crippen molar-refractivity contribution in [1.29, 1.82) is 0 Å². The quantitative estimate of drug-likeness (QED) is 0.287. The van der Waals surface area contributed by atoms with Gasteiger partial charge in [-0.3, -0.25) is 4.98 Å². The van der Waals surface area contributed by atoms with E-state index in [-0.39, 0.29) is 25.8 Å². The van der Waals surface area contributed by atoms with Gasteiger partial charge in [0.2, 0.25) is 0 Å². The van der Waals surface area contributed by atoms with Gasteiger partial charge in [0.05, 0.1) is 5.52 Å². The normalized spacial score (nSPS) is 12.3. The van der Waals surface area contributed by atoms with E-state index in [0.717, 1.165) is 24.1 Å². The van der Waals surface area contributed by atoms with E-state index in [1.54, 1.807) is 12.1 Å². The summed E-state index contributed by atoms with van der Waals surface area (Å²) in [6.45, 7) is 0. The van der Waals surface area contributed by atoms with E-state index in [1.165, 1.54) is 45.5 Å². The molecule has 0 bridgehead atoms. The van der Waals surface area contributed by atoms with Gasteiger partial charge in [-0.05, 0) is 41.4 Å². The number of fused-ring (bicyclic) bond motifs is 4. The van der Waals surface area contributed by atoms with Crippen LogP contribution >= 0.6 is 0 Å². The molecule has 0 fully saturated rings. The van der Waals surface area contributed by atoms with Crippen molar-refractivity contribution in [2.45, 2.75) is 12.8 Å². The summed E-state index contributed by atoms with van der Waals surface area (Å²) in [6, 6.07) is 20.8. The minimum Gasteiger partial charge on any atom is -0.477 e. The molecule has 0 saturated heterocycles. The molecule has 6 rings (SSSR count). The predicted molar refractivity (Wildman–Crippen MR) is 114 cm³/mol. The van der Waals surface area contributed by atoms with Crippen molar-refractivity contribution in [3.8, 4) is 11.3 Å². The van der Waals surface area contributed by atoms with Crippen LogP contribution in [-0.2, 0) is 32.9 Å². The van der Waals surface area contributed by atoms with Crippen molar-refractivity contribution in [2.24, 2.45) is 0 Å². The Kier molecular flexibility index (Phi) is 5.58. The number of aromatic carboxylic acids is 1. The number of benzene rings is 2. The smallest absolute Gasteiger partial charge is 0.354 e. The van der Waals surface area contributed by atoms with Crippen molar-refractivity contribution >= 4 is 29.0 Å². The Balaban J connectivity index is 0.000000187. The number of nitrogens with zero attached hydrogens (tertiary/aromatic N) is 2. The Labute approximate surface area is 187 Å². The molecular weight excluding hydrogens is 553 g/mol. The topological polar surface area (TPSA) is 63.1 Å². The molecule has 2 aromatic carbocycles. The summed E-state index contributed by atoms with van der Waals surface area (Å²) in [5, 5.41) is 9.65. The Bertz CT molecular complexity index is 1280. The molecule has 0 aliphatic heterocycles. The zero-order chi connectivity index (χ0) is 19.8. The van der Waals surface area contributed by atoms with Crippen molar-refractivity contribution in [1.82, 2.24) is 9.97 Å². The molecule has 4 nitrogen and oxygen atoms in total. The fourth-order valence-corrected chi connectivity index (χ4v) is 4.02. The minimum atomic E-state index is -0.990. The van der Waals surface area contributed by atoms with Gasteiger partial charge in [0.15, 0.2) is 0 Å². The van der Waals surface area contributed by atoms with Gasteiger partial charge < -0.3 is 5.11 Å². The first kappa shape index (κ1) is 20.1. The van der Waals surface area contributed by atoms with Crippen molar-refractivity contribution < 1.29 is 30.0 Å². The third-order valence-electron chi connectivity index (χ3n) is 5.32. The second-order valence-corrected chi connectivity index (χ2v) is 7.02. The second-order valence-electron chi connectivity index (χ2n) is 7.02. The maximum atomic E-state index is 10.1. The SMILES string of the molecule is O=C(O)c1ccccn1.[Ir].[c-]1cccc2c1-c1nc3cccc4c3c(c1CC2)C=C4. The number of pyridine rings is 2. The van der Waals surface area contributed by atoms with Crippen LogP contribution in [0, 0.1) is 6.07 Å². The molecule has 0 saturated carbocycles. The van der Waals surface area contributed by atoms with Crippen molar-refractivity contribution in [3.05, 3.63) is 94.8 Å². The minimum absolute atomic E-state index is 0. The van der Waals surface area contributed by atoms with Gasteiger partial charge in [-0.25, -0.2) is 9.78 Å². The van der Waals surface area contributed by atoms with Crippen LogP contribution in [0.25, 0.3) is 34.3 Å². The molecule has 30 heavy (non-hydrogen) atoms. The summed E-state index contributed by atoms with van der Waals surface area (Å²) in [7, 11) is 0. The Morgan fingerprint density at radius 3 is 2.67 bits per heavy atom. The van der Waals surface area contributed by atoms with E-state index >= 15 is 0 Å². The number of hydrogen-bond acceptors (Lipinski definition) is 3. The fraction of sp³-hybridized carbons (Fsp3) is 0.0800. The molecule has 2 aromatic heterocycles. The van der Waals surface area contributed by atoms with E-state index in [9.17, 15) is 4.79 Å². The first-order chi connectivity index (χ1) is 14.2. The van der Waals surface area contributed by atoms with Crippen LogP contribution in [0.15, 0.2) is 60.8 Å². The summed E-state index contributed by atoms with van der Waals surface area (Å²) in [4.78, 5) is 18.7. The summed E-state index contributed by atoms with van der Waals surface area (Å²) in [6.07, 6.45) is 8.09. The van der Waals surface area contributed by atoms with E-state index < -0.39 is 5.97 Å². The average Bonchev–Trinajstić information content (AvgIpc) is 3.21. The number of aryl methyl sites for hydroxylation is 1. The van der Waals surface area contributed by atoms with E-state index in [2.05, 4.69) is 53.5 Å². The predicted octanol–water partition coefficient (Wildman–Crippen LogP) is 5.06. The third-order valence-corrected chi connectivity index (χ3v) is 5.32. The zero-order valence-electron chi connectivity index (χ0n) is 15.9. The van der Waals surface area contributed by atoms with Crippen LogP contribution in [0.3, 0.4) is 0 Å². The maximum absolute atomic E-state index is 10.1. The number of aromatic nitrogens is 2. The molecule has 2 aliphatic carbocycles. The van der Waals surface area contributed by atoms with Crippen molar-refractivity contribution in [3.63, 3.8) is 0 Å². The van der Waals surface area contributed by atoms with Gasteiger partial charge in [-0.1, -0.05) is 42.3 Å². The molecule has 4 aromatic rings. The first-order valence-electron chi connectivity index (χ1n) is 9.50. The largest absolute Gasteiger partial charge is 0.477 e. The monoisotopic (exact) mass is 570 g/mol. The number of rotatable bonds is 1. The number of hydrogen-bond donors (Lipinski definition) is 1. The van der Waals surface area contributed by atoms with Crippen molar-refractivity contribution in [2.75, 3.05) is 0 Å². The fourth-order valence-electron chi connectivity index (χ4n) is 4.02. The molecule has 1 radical (unpaired) electrons. The molecule has 0 spiro atoms. The number of carbonyl (C=O) groups is 1. The molecule has 0 unspecified atom stereocenters. The number of carboxylic acids is 1. The summed E-state index contributed by atoms with van der Waals surface area (Å²) in [5.74, 6) is -0.990. The standard InChI is InChI=1S/C19H12N.C6H5NO2.Ir/c1-2-6-14-12(4-1)8-11-16-15-10-9-13-5-3-7-17(18(13)15)20-19(14)16;8-6(9)5-3-1-2-4-7-5;/h1-5,7,9-10H,8,11H2;1-4H,(H,8,9);/q-1;;. The summed E-state index contributed by atoms with van der Waals surface area (Å²) in [5.41, 5.74) is 8.96. The molecule has 0 amide bonds. The van der Waals surface area contributed by atoms with Gasteiger partial charge in [-0.2, -0.15) is 0 Å². The Morgan fingerprint density at radius 1 is 1.00 bits per heavy atom. The van der Waals surface area contributed by atoms with Crippen LogP contribution in [0.1, 0.15) is 32.7 Å². The van der Waals surface area contributed by atoms with Crippen LogP contribution in [0.4, 0.5) is 0 Å². The van der Waals surface area contributed by atoms with Gasteiger partial charge in [-0.15, -0.1) is 35.4 Å². The van der Waals surface area contributed by atoms with E-state index in [4.69, 9.17) is 10.1 Å². The first-order valence-corrected chi connectivity index (χ1v) is 9.50. The molecule has 1 N–H and O–H groups in total. The molecule has 2 heterocycles. The van der Waals surface area contributed by atoms with Crippen LogP contribution in [0.5, 0.6) is 0 Å². The second kappa shape index (κ2) is 8.31. The Hall–Kier alpha value is -3.14. The van der Waals surface area contributed by atoms with Gasteiger partial charge in [0.1, 0.15) is 5.69 Å². The molecule has 0 atom stereocenters.